The van der Waals surface area contributed by atoms with Gasteiger partial charge in [-0.3, -0.25) is 9.36 Å². The molecule has 0 bridgehead atoms. The summed E-state index contributed by atoms with van der Waals surface area (Å²) in [5, 5.41) is 12.1. The van der Waals surface area contributed by atoms with Gasteiger partial charge in [0.1, 0.15) is 5.82 Å². The quantitative estimate of drug-likeness (QED) is 0.886. The van der Waals surface area contributed by atoms with Crippen molar-refractivity contribution in [3.05, 3.63) is 30.2 Å². The molecule has 0 aliphatic heterocycles. The van der Waals surface area contributed by atoms with E-state index in [2.05, 4.69) is 42.5 Å². The molecular formula is C13H22ClN5. The molecule has 0 radical (unpaired) electrons. The molecule has 1 unspecified atom stereocenters. The molecule has 0 aromatic carbocycles. The van der Waals surface area contributed by atoms with Gasteiger partial charge in [0.25, 0.3) is 0 Å². The highest BCUT2D eigenvalue weighted by molar-refractivity contribution is 5.85. The van der Waals surface area contributed by atoms with Crippen LogP contribution < -0.4 is 5.32 Å². The van der Waals surface area contributed by atoms with Crippen LogP contribution in [0, 0.1) is 0 Å². The highest BCUT2D eigenvalue weighted by Gasteiger charge is 2.04. The van der Waals surface area contributed by atoms with Crippen molar-refractivity contribution in [1.82, 2.24) is 19.6 Å². The summed E-state index contributed by atoms with van der Waals surface area (Å²) in [5.74, 6) is 0.916. The lowest BCUT2D eigenvalue weighted by atomic mass is 10.3. The number of rotatable bonds is 6. The van der Waals surface area contributed by atoms with Gasteiger partial charge in [0, 0.05) is 43.2 Å². The molecule has 5 nitrogen and oxygen atoms in total. The van der Waals surface area contributed by atoms with Gasteiger partial charge in [-0.05, 0) is 20.3 Å². The first kappa shape index (κ1) is 15.6. The molecule has 1 N–H and O–H groups in total. The molecule has 0 aliphatic rings. The van der Waals surface area contributed by atoms with E-state index in [0.29, 0.717) is 6.04 Å². The van der Waals surface area contributed by atoms with Crippen LogP contribution in [0.3, 0.4) is 0 Å². The lowest BCUT2D eigenvalue weighted by Crippen LogP contribution is -2.06. The summed E-state index contributed by atoms with van der Waals surface area (Å²) in [6.07, 6.45) is 7.05. The van der Waals surface area contributed by atoms with Crippen molar-refractivity contribution < 1.29 is 0 Å². The van der Waals surface area contributed by atoms with E-state index in [4.69, 9.17) is 0 Å². The molecule has 19 heavy (non-hydrogen) atoms. The number of anilines is 1. The summed E-state index contributed by atoms with van der Waals surface area (Å²) < 4.78 is 3.92. The predicted molar refractivity (Wildman–Crippen MR) is 79.7 cm³/mol. The second kappa shape index (κ2) is 7.19. The van der Waals surface area contributed by atoms with Crippen LogP contribution in [0.2, 0.25) is 0 Å². The highest BCUT2D eigenvalue weighted by Crippen LogP contribution is 2.12. The molecule has 1 atom stereocenters. The smallest absolute Gasteiger partial charge is 0.148 e. The van der Waals surface area contributed by atoms with E-state index in [1.165, 1.54) is 5.56 Å². The zero-order valence-corrected chi connectivity index (χ0v) is 12.5. The van der Waals surface area contributed by atoms with E-state index >= 15 is 0 Å². The molecule has 106 valence electrons. The minimum Gasteiger partial charge on any atom is -0.364 e. The molecular weight excluding hydrogens is 262 g/mol. The zero-order chi connectivity index (χ0) is 13.0. The van der Waals surface area contributed by atoms with E-state index in [1.54, 1.807) is 0 Å². The molecule has 2 aromatic heterocycles. The molecule has 0 saturated carbocycles. The van der Waals surface area contributed by atoms with E-state index in [1.807, 2.05) is 27.8 Å². The van der Waals surface area contributed by atoms with E-state index in [0.717, 1.165) is 25.3 Å². The van der Waals surface area contributed by atoms with Crippen molar-refractivity contribution in [2.24, 2.45) is 0 Å². The van der Waals surface area contributed by atoms with Gasteiger partial charge in [0.15, 0.2) is 0 Å². The third kappa shape index (κ3) is 3.99. The van der Waals surface area contributed by atoms with Crippen LogP contribution in [-0.2, 0) is 13.1 Å². The molecule has 0 spiro atoms. The molecule has 2 aromatic rings. The molecule has 0 amide bonds. The summed E-state index contributed by atoms with van der Waals surface area (Å²) >= 11 is 0. The third-order valence-corrected chi connectivity index (χ3v) is 3.14. The van der Waals surface area contributed by atoms with Gasteiger partial charge in [-0.1, -0.05) is 6.92 Å². The average Bonchev–Trinajstić information content (AvgIpc) is 3.04. The fourth-order valence-corrected chi connectivity index (χ4v) is 1.73. The van der Waals surface area contributed by atoms with Crippen molar-refractivity contribution in [2.75, 3.05) is 5.32 Å². The number of aryl methyl sites for hydroxylation is 1. The van der Waals surface area contributed by atoms with Crippen LogP contribution in [0.4, 0.5) is 5.82 Å². The van der Waals surface area contributed by atoms with Gasteiger partial charge in [-0.25, -0.2) is 0 Å². The van der Waals surface area contributed by atoms with E-state index < -0.39 is 0 Å². The van der Waals surface area contributed by atoms with Crippen LogP contribution in [-0.4, -0.2) is 19.6 Å². The van der Waals surface area contributed by atoms with Crippen LogP contribution in [0.25, 0.3) is 0 Å². The first-order valence-electron chi connectivity index (χ1n) is 6.53. The Balaban J connectivity index is 0.00000180. The van der Waals surface area contributed by atoms with Gasteiger partial charge in [0.2, 0.25) is 0 Å². The summed E-state index contributed by atoms with van der Waals surface area (Å²) in [4.78, 5) is 0. The third-order valence-electron chi connectivity index (χ3n) is 3.14. The van der Waals surface area contributed by atoms with Gasteiger partial charge >= 0.3 is 0 Å². The molecule has 0 fully saturated rings. The topological polar surface area (TPSA) is 47.7 Å². The number of hydrogen-bond acceptors (Lipinski definition) is 3. The highest BCUT2D eigenvalue weighted by atomic mass is 35.5. The predicted octanol–water partition coefficient (Wildman–Crippen LogP) is 3.10. The SMILES string of the molecule is CCC(C)n1ccc(NCc2cnn(CC)c2)n1.Cl. The van der Waals surface area contributed by atoms with Crippen LogP contribution in [0.1, 0.15) is 38.8 Å². The van der Waals surface area contributed by atoms with Crippen molar-refractivity contribution in [3.63, 3.8) is 0 Å². The minimum absolute atomic E-state index is 0. The number of hydrogen-bond donors (Lipinski definition) is 1. The number of aromatic nitrogens is 4. The summed E-state index contributed by atoms with van der Waals surface area (Å²) in [6, 6.07) is 2.46. The molecule has 2 rings (SSSR count). The summed E-state index contributed by atoms with van der Waals surface area (Å²) in [6.45, 7) is 8.08. The molecule has 0 saturated heterocycles. The molecule has 0 aliphatic carbocycles. The maximum absolute atomic E-state index is 4.50. The van der Waals surface area contributed by atoms with E-state index in [-0.39, 0.29) is 12.4 Å². The maximum Gasteiger partial charge on any atom is 0.148 e. The van der Waals surface area contributed by atoms with Crippen molar-refractivity contribution in [2.45, 2.75) is 46.3 Å². The number of nitrogens with zero attached hydrogens (tertiary/aromatic N) is 4. The maximum atomic E-state index is 4.50. The first-order chi connectivity index (χ1) is 8.72. The fraction of sp³-hybridized carbons (Fsp3) is 0.538. The monoisotopic (exact) mass is 283 g/mol. The van der Waals surface area contributed by atoms with Gasteiger partial charge in [-0.2, -0.15) is 10.2 Å². The minimum atomic E-state index is 0. The largest absolute Gasteiger partial charge is 0.364 e. The Morgan fingerprint density at radius 2 is 2.16 bits per heavy atom. The Labute approximate surface area is 120 Å². The second-order valence-corrected chi connectivity index (χ2v) is 4.50. The van der Waals surface area contributed by atoms with Crippen molar-refractivity contribution >= 4 is 18.2 Å². The van der Waals surface area contributed by atoms with Gasteiger partial charge in [0.05, 0.1) is 6.20 Å². The number of halogens is 1. The Hall–Kier alpha value is -1.49. The first-order valence-corrected chi connectivity index (χ1v) is 6.53. The van der Waals surface area contributed by atoms with Gasteiger partial charge in [-0.15, -0.1) is 12.4 Å². The standard InChI is InChI=1S/C13H21N5.ClH/c1-4-11(3)18-7-6-13(16-18)14-8-12-9-15-17(5-2)10-12;/h6-7,9-11H,4-5,8H2,1-3H3,(H,14,16);1H. The Morgan fingerprint density at radius 3 is 2.79 bits per heavy atom. The van der Waals surface area contributed by atoms with Gasteiger partial charge < -0.3 is 5.32 Å². The summed E-state index contributed by atoms with van der Waals surface area (Å²) in [5.41, 5.74) is 1.18. The second-order valence-electron chi connectivity index (χ2n) is 4.50. The zero-order valence-electron chi connectivity index (χ0n) is 11.7. The van der Waals surface area contributed by atoms with Crippen molar-refractivity contribution in [1.29, 1.82) is 0 Å². The lowest BCUT2D eigenvalue weighted by Gasteiger charge is -2.08. The average molecular weight is 284 g/mol. The normalized spacial score (nSPS) is 11.9. The van der Waals surface area contributed by atoms with Crippen LogP contribution in [0.15, 0.2) is 24.7 Å². The van der Waals surface area contributed by atoms with Crippen LogP contribution in [0.5, 0.6) is 0 Å². The fourth-order valence-electron chi connectivity index (χ4n) is 1.73. The van der Waals surface area contributed by atoms with E-state index in [9.17, 15) is 0 Å². The Bertz CT molecular complexity index is 491. The van der Waals surface area contributed by atoms with Crippen molar-refractivity contribution in [3.8, 4) is 0 Å². The Morgan fingerprint density at radius 1 is 1.37 bits per heavy atom. The summed E-state index contributed by atoms with van der Waals surface area (Å²) in [7, 11) is 0. The lowest BCUT2D eigenvalue weighted by molar-refractivity contribution is 0.479. The number of nitrogens with one attached hydrogen (secondary N) is 1. The molecule has 6 heteroatoms. The molecule has 2 heterocycles. The van der Waals surface area contributed by atoms with Crippen LogP contribution >= 0.6 is 12.4 Å². The Kier molecular flexibility index (Phi) is 5.89.